The Hall–Kier alpha value is -2.04. The summed E-state index contributed by atoms with van der Waals surface area (Å²) < 4.78 is 0. The van der Waals surface area contributed by atoms with Crippen molar-refractivity contribution in [2.45, 2.75) is 37.6 Å². The zero-order valence-corrected chi connectivity index (χ0v) is 16.8. The minimum Gasteiger partial charge on any atom is -0.508 e. The van der Waals surface area contributed by atoms with Crippen molar-refractivity contribution in [3.8, 4) is 5.75 Å². The molecule has 0 spiro atoms. The van der Waals surface area contributed by atoms with E-state index in [0.29, 0.717) is 23.2 Å². The second-order valence-electron chi connectivity index (χ2n) is 8.17. The van der Waals surface area contributed by atoms with E-state index in [4.69, 9.17) is 11.6 Å². The number of nitrogens with one attached hydrogen (secondary N) is 1. The molecule has 1 saturated carbocycles. The lowest BCUT2D eigenvalue weighted by molar-refractivity contribution is -0.123. The van der Waals surface area contributed by atoms with Crippen LogP contribution >= 0.6 is 11.6 Å². The molecule has 5 heteroatoms. The van der Waals surface area contributed by atoms with E-state index in [0.717, 1.165) is 56.4 Å². The smallest absolute Gasteiger partial charge is 0.230 e. The highest BCUT2D eigenvalue weighted by molar-refractivity contribution is 6.30. The van der Waals surface area contributed by atoms with Crippen LogP contribution in [0.15, 0.2) is 48.5 Å². The summed E-state index contributed by atoms with van der Waals surface area (Å²) >= 11 is 5.99. The molecule has 1 atom stereocenters. The molecule has 2 aromatic rings. The number of benzene rings is 2. The standard InChI is InChI=1S/C23H27ClN2O2/c24-20-9-7-19(8-10-20)23(11-12-23)22(28)25-14-17-4-3-13-26(15-17)16-18-5-1-2-6-21(18)27/h1-2,5-10,17,27H,3-4,11-16H2,(H,25,28)/t17-/m1/s1. The Labute approximate surface area is 171 Å². The first-order chi connectivity index (χ1) is 13.6. The fourth-order valence-electron chi connectivity index (χ4n) is 4.29. The first-order valence-electron chi connectivity index (χ1n) is 10.1. The summed E-state index contributed by atoms with van der Waals surface area (Å²) in [4.78, 5) is 15.3. The Balaban J connectivity index is 1.31. The summed E-state index contributed by atoms with van der Waals surface area (Å²) in [5.41, 5.74) is 1.68. The van der Waals surface area contributed by atoms with Crippen molar-refractivity contribution in [2.24, 2.45) is 5.92 Å². The molecular formula is C23H27ClN2O2. The Morgan fingerprint density at radius 3 is 2.64 bits per heavy atom. The van der Waals surface area contributed by atoms with Crippen molar-refractivity contribution in [1.82, 2.24) is 10.2 Å². The fraction of sp³-hybridized carbons (Fsp3) is 0.435. The first kappa shape index (κ1) is 19.3. The van der Waals surface area contributed by atoms with Crippen LogP contribution in [0.5, 0.6) is 5.75 Å². The van der Waals surface area contributed by atoms with Crippen LogP contribution in [0.1, 0.15) is 36.8 Å². The summed E-state index contributed by atoms with van der Waals surface area (Å²) in [7, 11) is 0. The Bertz CT molecular complexity index is 833. The van der Waals surface area contributed by atoms with Gasteiger partial charge in [0.25, 0.3) is 0 Å². The fourth-order valence-corrected chi connectivity index (χ4v) is 4.42. The van der Waals surface area contributed by atoms with Crippen molar-refractivity contribution in [3.63, 3.8) is 0 Å². The monoisotopic (exact) mass is 398 g/mol. The van der Waals surface area contributed by atoms with Gasteiger partial charge in [-0.2, -0.15) is 0 Å². The number of amides is 1. The van der Waals surface area contributed by atoms with Gasteiger partial charge in [0, 0.05) is 30.2 Å². The van der Waals surface area contributed by atoms with Gasteiger partial charge in [-0.15, -0.1) is 0 Å². The zero-order valence-electron chi connectivity index (χ0n) is 16.0. The van der Waals surface area contributed by atoms with Crippen LogP contribution in [0, 0.1) is 5.92 Å². The number of carbonyl (C=O) groups excluding carboxylic acids is 1. The summed E-state index contributed by atoms with van der Waals surface area (Å²) in [6.45, 7) is 3.45. The second-order valence-corrected chi connectivity index (χ2v) is 8.61. The number of carbonyl (C=O) groups is 1. The zero-order chi connectivity index (χ0) is 19.6. The van der Waals surface area contributed by atoms with E-state index in [-0.39, 0.29) is 11.3 Å². The van der Waals surface area contributed by atoms with Gasteiger partial charge in [-0.3, -0.25) is 9.69 Å². The number of phenolic OH excluding ortho intramolecular Hbond substituents is 1. The van der Waals surface area contributed by atoms with E-state index < -0.39 is 0 Å². The summed E-state index contributed by atoms with van der Waals surface area (Å²) in [6.07, 6.45) is 4.07. The number of likely N-dealkylation sites (tertiary alicyclic amines) is 1. The van der Waals surface area contributed by atoms with E-state index in [1.54, 1.807) is 6.07 Å². The molecule has 2 N–H and O–H groups in total. The predicted octanol–water partition coefficient (Wildman–Crippen LogP) is 4.11. The highest BCUT2D eigenvalue weighted by Gasteiger charge is 2.51. The third-order valence-corrected chi connectivity index (χ3v) is 6.37. The molecule has 28 heavy (non-hydrogen) atoms. The molecule has 2 aliphatic rings. The maximum Gasteiger partial charge on any atom is 0.230 e. The number of aromatic hydroxyl groups is 1. The van der Waals surface area contributed by atoms with Gasteiger partial charge in [0.2, 0.25) is 5.91 Å². The molecule has 4 nitrogen and oxygen atoms in total. The van der Waals surface area contributed by atoms with Crippen LogP contribution in [0.2, 0.25) is 5.02 Å². The quantitative estimate of drug-likeness (QED) is 0.770. The van der Waals surface area contributed by atoms with E-state index in [9.17, 15) is 9.90 Å². The SMILES string of the molecule is O=C(NC[C@H]1CCCN(Cc2ccccc2O)C1)C1(c2ccc(Cl)cc2)CC1. The van der Waals surface area contributed by atoms with Gasteiger partial charge < -0.3 is 10.4 Å². The molecule has 0 unspecified atom stereocenters. The summed E-state index contributed by atoms with van der Waals surface area (Å²) in [6, 6.07) is 15.2. The van der Waals surface area contributed by atoms with Crippen molar-refractivity contribution in [2.75, 3.05) is 19.6 Å². The van der Waals surface area contributed by atoms with Crippen molar-refractivity contribution in [3.05, 3.63) is 64.7 Å². The highest BCUT2D eigenvalue weighted by atomic mass is 35.5. The molecule has 0 radical (unpaired) electrons. The number of halogens is 1. The van der Waals surface area contributed by atoms with Crippen LogP contribution in [-0.2, 0) is 16.8 Å². The molecule has 2 aromatic carbocycles. The number of hydrogen-bond acceptors (Lipinski definition) is 3. The van der Waals surface area contributed by atoms with Crippen LogP contribution in [0.3, 0.4) is 0 Å². The number of hydrogen-bond donors (Lipinski definition) is 2. The van der Waals surface area contributed by atoms with Gasteiger partial charge in [0.15, 0.2) is 0 Å². The molecule has 0 bridgehead atoms. The topological polar surface area (TPSA) is 52.6 Å². The van der Waals surface area contributed by atoms with E-state index in [2.05, 4.69) is 10.2 Å². The highest BCUT2D eigenvalue weighted by Crippen LogP contribution is 2.48. The lowest BCUT2D eigenvalue weighted by atomic mass is 9.93. The van der Waals surface area contributed by atoms with Crippen molar-refractivity contribution >= 4 is 17.5 Å². The van der Waals surface area contributed by atoms with E-state index >= 15 is 0 Å². The van der Waals surface area contributed by atoms with Crippen LogP contribution in [0.4, 0.5) is 0 Å². The van der Waals surface area contributed by atoms with Gasteiger partial charge in [0.1, 0.15) is 5.75 Å². The van der Waals surface area contributed by atoms with Crippen LogP contribution in [0.25, 0.3) is 0 Å². The number of rotatable bonds is 6. The Morgan fingerprint density at radius 2 is 1.93 bits per heavy atom. The largest absolute Gasteiger partial charge is 0.508 e. The van der Waals surface area contributed by atoms with Crippen LogP contribution in [-0.4, -0.2) is 35.5 Å². The molecule has 2 fully saturated rings. The van der Waals surface area contributed by atoms with Gasteiger partial charge in [-0.25, -0.2) is 0 Å². The third kappa shape index (κ3) is 4.18. The minimum atomic E-state index is -0.352. The molecule has 148 valence electrons. The minimum absolute atomic E-state index is 0.146. The average molecular weight is 399 g/mol. The normalized spacial score (nSPS) is 21.2. The molecule has 4 rings (SSSR count). The molecule has 0 aromatic heterocycles. The maximum atomic E-state index is 12.9. The lowest BCUT2D eigenvalue weighted by Crippen LogP contribution is -2.43. The van der Waals surface area contributed by atoms with E-state index in [1.807, 2.05) is 42.5 Å². The number of para-hydroxylation sites is 1. The van der Waals surface area contributed by atoms with Crippen molar-refractivity contribution in [1.29, 1.82) is 0 Å². The Morgan fingerprint density at radius 1 is 1.18 bits per heavy atom. The number of nitrogens with zero attached hydrogens (tertiary/aromatic N) is 1. The summed E-state index contributed by atoms with van der Waals surface area (Å²) in [5, 5.41) is 13.9. The van der Waals surface area contributed by atoms with Gasteiger partial charge in [-0.05, 0) is 61.9 Å². The molecule has 1 aliphatic carbocycles. The molecule has 1 heterocycles. The second kappa shape index (κ2) is 8.14. The van der Waals surface area contributed by atoms with Crippen molar-refractivity contribution < 1.29 is 9.90 Å². The predicted molar refractivity (Wildman–Crippen MR) is 111 cm³/mol. The van der Waals surface area contributed by atoms with Gasteiger partial charge in [0.05, 0.1) is 5.41 Å². The van der Waals surface area contributed by atoms with Gasteiger partial charge in [-0.1, -0.05) is 41.9 Å². The third-order valence-electron chi connectivity index (χ3n) is 6.12. The maximum absolute atomic E-state index is 12.9. The first-order valence-corrected chi connectivity index (χ1v) is 10.5. The number of piperidine rings is 1. The number of phenols is 1. The van der Waals surface area contributed by atoms with Gasteiger partial charge >= 0.3 is 0 Å². The molecule has 1 aliphatic heterocycles. The molecular weight excluding hydrogens is 372 g/mol. The molecule has 1 saturated heterocycles. The lowest BCUT2D eigenvalue weighted by Gasteiger charge is -2.33. The van der Waals surface area contributed by atoms with E-state index in [1.165, 1.54) is 0 Å². The summed E-state index contributed by atoms with van der Waals surface area (Å²) in [5.74, 6) is 0.953. The average Bonchev–Trinajstić information content (AvgIpc) is 3.51. The molecule has 1 amide bonds. The Kier molecular flexibility index (Phi) is 5.61. The van der Waals surface area contributed by atoms with Crippen LogP contribution < -0.4 is 5.32 Å².